The van der Waals surface area contributed by atoms with Crippen LogP contribution in [-0.2, 0) is 16.1 Å². The van der Waals surface area contributed by atoms with Gasteiger partial charge < -0.3 is 19.7 Å². The lowest BCUT2D eigenvalue weighted by Gasteiger charge is -2.41. The zero-order chi connectivity index (χ0) is 19.2. The van der Waals surface area contributed by atoms with Crippen LogP contribution in [0.4, 0.5) is 0 Å². The first-order valence-corrected chi connectivity index (χ1v) is 10.8. The summed E-state index contributed by atoms with van der Waals surface area (Å²) < 4.78 is 11.5. The summed E-state index contributed by atoms with van der Waals surface area (Å²) in [4.78, 5) is 16.9. The summed E-state index contributed by atoms with van der Waals surface area (Å²) in [5.74, 6) is 1.01. The molecule has 2 heterocycles. The monoisotopic (exact) mass is 387 g/mol. The normalized spacial score (nSPS) is 22.6. The number of piperidine rings is 1. The Labute approximate surface area is 168 Å². The van der Waals surface area contributed by atoms with E-state index in [0.717, 1.165) is 43.3 Å². The van der Waals surface area contributed by atoms with Crippen LogP contribution in [0, 0.1) is 0 Å². The maximum Gasteiger partial charge on any atom is 0.234 e. The molecule has 28 heavy (non-hydrogen) atoms. The molecule has 154 valence electrons. The Bertz CT molecular complexity index is 618. The number of likely N-dealkylation sites (tertiary alicyclic amines) is 1. The first-order valence-electron chi connectivity index (χ1n) is 10.8. The van der Waals surface area contributed by atoms with Gasteiger partial charge in [0.05, 0.1) is 19.8 Å². The molecule has 1 aliphatic carbocycles. The van der Waals surface area contributed by atoms with Crippen LogP contribution in [0.3, 0.4) is 0 Å². The summed E-state index contributed by atoms with van der Waals surface area (Å²) in [6, 6.07) is 9.00. The Morgan fingerprint density at radius 2 is 1.75 bits per heavy atom. The van der Waals surface area contributed by atoms with E-state index in [1.807, 2.05) is 24.3 Å². The van der Waals surface area contributed by atoms with Crippen LogP contribution in [0.5, 0.6) is 5.75 Å². The van der Waals surface area contributed by atoms with Crippen molar-refractivity contribution in [2.45, 2.75) is 50.8 Å². The van der Waals surface area contributed by atoms with Crippen LogP contribution in [0.25, 0.3) is 0 Å². The average molecular weight is 388 g/mol. The zero-order valence-corrected chi connectivity index (χ0v) is 16.8. The number of benzene rings is 1. The molecule has 0 unspecified atom stereocenters. The molecule has 0 aromatic heterocycles. The smallest absolute Gasteiger partial charge is 0.234 e. The topological polar surface area (TPSA) is 54.0 Å². The third-order valence-corrected chi connectivity index (χ3v) is 6.25. The minimum Gasteiger partial charge on any atom is -0.490 e. The molecule has 1 aromatic rings. The van der Waals surface area contributed by atoms with Crippen LogP contribution in [-0.4, -0.2) is 73.8 Å². The number of nitrogens with one attached hydrogen (secondary N) is 1. The number of nitrogens with zero attached hydrogens (tertiary/aromatic N) is 2. The van der Waals surface area contributed by atoms with E-state index >= 15 is 0 Å². The fourth-order valence-electron chi connectivity index (χ4n) is 4.21. The van der Waals surface area contributed by atoms with Crippen LogP contribution < -0.4 is 10.1 Å². The van der Waals surface area contributed by atoms with E-state index in [2.05, 4.69) is 15.1 Å². The molecule has 1 N–H and O–H groups in total. The van der Waals surface area contributed by atoms with E-state index in [1.54, 1.807) is 0 Å². The highest BCUT2D eigenvalue weighted by atomic mass is 16.5. The van der Waals surface area contributed by atoms with Crippen molar-refractivity contribution in [3.8, 4) is 5.75 Å². The van der Waals surface area contributed by atoms with Gasteiger partial charge in [-0.15, -0.1) is 0 Å². The van der Waals surface area contributed by atoms with E-state index in [1.165, 1.54) is 32.4 Å². The van der Waals surface area contributed by atoms with Crippen molar-refractivity contribution >= 4 is 5.91 Å². The van der Waals surface area contributed by atoms with Crippen LogP contribution >= 0.6 is 0 Å². The quantitative estimate of drug-likeness (QED) is 0.776. The molecule has 0 spiro atoms. The molecule has 4 rings (SSSR count). The molecule has 0 atom stereocenters. The fourth-order valence-corrected chi connectivity index (χ4v) is 4.21. The summed E-state index contributed by atoms with van der Waals surface area (Å²) in [5, 5.41) is 3.01. The van der Waals surface area contributed by atoms with Gasteiger partial charge in [-0.3, -0.25) is 9.69 Å². The zero-order valence-electron chi connectivity index (χ0n) is 16.8. The SMILES string of the molecule is O=C(CN1CCOCC1)NCc1ccc(OC2CCN(C3CCC3)CC2)cc1. The van der Waals surface area contributed by atoms with Gasteiger partial charge in [0.15, 0.2) is 0 Å². The first kappa shape index (κ1) is 19.7. The summed E-state index contributed by atoms with van der Waals surface area (Å²) in [6.07, 6.45) is 6.74. The molecule has 1 saturated carbocycles. The molecule has 3 aliphatic rings. The Morgan fingerprint density at radius 1 is 1.04 bits per heavy atom. The summed E-state index contributed by atoms with van der Waals surface area (Å²) in [6.45, 7) is 6.44. The molecule has 2 saturated heterocycles. The van der Waals surface area contributed by atoms with Crippen LogP contribution in [0.1, 0.15) is 37.7 Å². The van der Waals surface area contributed by atoms with Crippen LogP contribution in [0.2, 0.25) is 0 Å². The third-order valence-electron chi connectivity index (χ3n) is 6.25. The van der Waals surface area contributed by atoms with E-state index in [-0.39, 0.29) is 5.91 Å². The number of hydrogen-bond donors (Lipinski definition) is 1. The van der Waals surface area contributed by atoms with Crippen molar-refractivity contribution in [1.82, 2.24) is 15.1 Å². The van der Waals surface area contributed by atoms with E-state index in [0.29, 0.717) is 32.4 Å². The van der Waals surface area contributed by atoms with Gasteiger partial charge in [0, 0.05) is 38.8 Å². The minimum absolute atomic E-state index is 0.0699. The number of hydrogen-bond acceptors (Lipinski definition) is 5. The van der Waals surface area contributed by atoms with Gasteiger partial charge >= 0.3 is 0 Å². The third kappa shape index (κ3) is 5.46. The van der Waals surface area contributed by atoms with Crippen molar-refractivity contribution in [3.63, 3.8) is 0 Å². The Hall–Kier alpha value is -1.63. The fraction of sp³-hybridized carbons (Fsp3) is 0.682. The van der Waals surface area contributed by atoms with E-state index in [9.17, 15) is 4.79 Å². The van der Waals surface area contributed by atoms with Crippen molar-refractivity contribution in [3.05, 3.63) is 29.8 Å². The highest BCUT2D eigenvalue weighted by molar-refractivity contribution is 5.78. The second-order valence-electron chi connectivity index (χ2n) is 8.25. The van der Waals surface area contributed by atoms with Gasteiger partial charge in [-0.2, -0.15) is 0 Å². The van der Waals surface area contributed by atoms with Gasteiger partial charge in [0.25, 0.3) is 0 Å². The number of rotatable bonds is 7. The highest BCUT2D eigenvalue weighted by Gasteiger charge is 2.29. The van der Waals surface area contributed by atoms with Gasteiger partial charge in [0.2, 0.25) is 5.91 Å². The van der Waals surface area contributed by atoms with Gasteiger partial charge in [-0.05, 0) is 43.4 Å². The largest absolute Gasteiger partial charge is 0.490 e. The molecule has 1 amide bonds. The molecule has 6 nitrogen and oxygen atoms in total. The summed E-state index contributed by atoms with van der Waals surface area (Å²) >= 11 is 0. The molecular formula is C22H33N3O3. The molecule has 0 bridgehead atoms. The maximum atomic E-state index is 12.1. The second-order valence-corrected chi connectivity index (χ2v) is 8.25. The maximum absolute atomic E-state index is 12.1. The molecule has 2 aliphatic heterocycles. The lowest BCUT2D eigenvalue weighted by atomic mass is 9.90. The molecule has 3 fully saturated rings. The summed E-state index contributed by atoms with van der Waals surface area (Å²) in [5.41, 5.74) is 1.10. The molecular weight excluding hydrogens is 354 g/mol. The van der Waals surface area contributed by atoms with E-state index in [4.69, 9.17) is 9.47 Å². The standard InChI is InChI=1S/C22H33N3O3/c26-22(17-24-12-14-27-15-13-24)23-16-18-4-6-20(7-5-18)28-21-8-10-25(11-9-21)19-2-1-3-19/h4-7,19,21H,1-3,8-17H2,(H,23,26). The van der Waals surface area contributed by atoms with Crippen molar-refractivity contribution in [2.75, 3.05) is 45.9 Å². The number of carbonyl (C=O) groups excluding carboxylic acids is 1. The minimum atomic E-state index is 0.0699. The van der Waals surface area contributed by atoms with E-state index < -0.39 is 0 Å². The number of morpholine rings is 1. The summed E-state index contributed by atoms with van der Waals surface area (Å²) in [7, 11) is 0. The molecule has 0 radical (unpaired) electrons. The first-order chi connectivity index (χ1) is 13.8. The van der Waals surface area contributed by atoms with Gasteiger partial charge in [-0.25, -0.2) is 0 Å². The number of amides is 1. The van der Waals surface area contributed by atoms with Gasteiger partial charge in [0.1, 0.15) is 11.9 Å². The number of ether oxygens (including phenoxy) is 2. The average Bonchev–Trinajstić information content (AvgIpc) is 2.68. The molecule has 1 aromatic carbocycles. The Balaban J connectivity index is 1.16. The lowest BCUT2D eigenvalue weighted by molar-refractivity contribution is -0.123. The van der Waals surface area contributed by atoms with Gasteiger partial charge in [-0.1, -0.05) is 18.6 Å². The predicted molar refractivity (Wildman–Crippen MR) is 108 cm³/mol. The molecule has 6 heteroatoms. The van der Waals surface area contributed by atoms with Crippen molar-refractivity contribution < 1.29 is 14.3 Å². The van der Waals surface area contributed by atoms with Crippen molar-refractivity contribution in [1.29, 1.82) is 0 Å². The highest BCUT2D eigenvalue weighted by Crippen LogP contribution is 2.28. The lowest BCUT2D eigenvalue weighted by Crippen LogP contribution is -2.46. The second kappa shape index (κ2) is 9.72. The Morgan fingerprint density at radius 3 is 2.39 bits per heavy atom. The predicted octanol–water partition coefficient (Wildman–Crippen LogP) is 2.03. The van der Waals surface area contributed by atoms with Crippen molar-refractivity contribution in [2.24, 2.45) is 0 Å². The van der Waals surface area contributed by atoms with Crippen LogP contribution in [0.15, 0.2) is 24.3 Å². The Kier molecular flexibility index (Phi) is 6.83. The number of carbonyl (C=O) groups is 1.